The lowest BCUT2D eigenvalue weighted by Gasteiger charge is -2.26. The summed E-state index contributed by atoms with van der Waals surface area (Å²) < 4.78 is 28.5. The number of rotatable bonds is 2. The predicted molar refractivity (Wildman–Crippen MR) is 67.4 cm³/mol. The van der Waals surface area contributed by atoms with Crippen LogP contribution in [0.5, 0.6) is 0 Å². The van der Waals surface area contributed by atoms with Gasteiger partial charge in [-0.15, -0.1) is 0 Å². The van der Waals surface area contributed by atoms with E-state index in [1.807, 2.05) is 0 Å². The van der Waals surface area contributed by atoms with Crippen molar-refractivity contribution in [3.63, 3.8) is 0 Å². The van der Waals surface area contributed by atoms with Crippen LogP contribution in [-0.4, -0.2) is 35.1 Å². The molecule has 7 heteroatoms. The molecule has 2 N–H and O–H groups in total. The molecule has 1 aromatic rings. The second-order valence-corrected chi connectivity index (χ2v) is 7.16. The Balaban J connectivity index is 2.05. The smallest absolute Gasteiger partial charge is 0.248 e. The van der Waals surface area contributed by atoms with Gasteiger partial charge in [-0.3, -0.25) is 4.68 Å². The Morgan fingerprint density at radius 2 is 2.11 bits per heavy atom. The van der Waals surface area contributed by atoms with E-state index in [4.69, 9.17) is 5.73 Å². The van der Waals surface area contributed by atoms with Gasteiger partial charge in [-0.1, -0.05) is 0 Å². The Labute approximate surface area is 107 Å². The van der Waals surface area contributed by atoms with Gasteiger partial charge >= 0.3 is 0 Å². The Bertz CT molecular complexity index is 592. The van der Waals surface area contributed by atoms with E-state index in [-0.39, 0.29) is 16.8 Å². The highest BCUT2D eigenvalue weighted by atomic mass is 32.2. The molecule has 2 fully saturated rings. The summed E-state index contributed by atoms with van der Waals surface area (Å²) in [6, 6.07) is 0.166. The van der Waals surface area contributed by atoms with E-state index in [0.29, 0.717) is 18.2 Å². The summed E-state index contributed by atoms with van der Waals surface area (Å²) in [5, 5.41) is 4.00. The summed E-state index contributed by atoms with van der Waals surface area (Å²) in [5.41, 5.74) is 6.36. The lowest BCUT2D eigenvalue weighted by molar-refractivity contribution is 0.333. The lowest BCUT2D eigenvalue weighted by atomic mass is 10.1. The van der Waals surface area contributed by atoms with Gasteiger partial charge < -0.3 is 5.73 Å². The number of sulfonamides is 1. The van der Waals surface area contributed by atoms with E-state index in [9.17, 15) is 8.42 Å². The number of nitrogens with zero attached hydrogens (tertiary/aromatic N) is 3. The molecule has 100 valence electrons. The highest BCUT2D eigenvalue weighted by Gasteiger charge is 2.45. The first-order valence-electron chi connectivity index (χ1n) is 6.22. The third-order valence-corrected chi connectivity index (χ3v) is 6.32. The summed E-state index contributed by atoms with van der Waals surface area (Å²) in [7, 11) is -1.78. The fourth-order valence-electron chi connectivity index (χ4n) is 3.22. The molecule has 1 aromatic heterocycles. The van der Waals surface area contributed by atoms with Gasteiger partial charge in [0.1, 0.15) is 4.90 Å². The topological polar surface area (TPSA) is 81.2 Å². The second-order valence-electron chi connectivity index (χ2n) is 5.33. The molecule has 18 heavy (non-hydrogen) atoms. The van der Waals surface area contributed by atoms with Crippen LogP contribution in [0.2, 0.25) is 0 Å². The van der Waals surface area contributed by atoms with E-state index in [2.05, 4.69) is 5.10 Å². The van der Waals surface area contributed by atoms with E-state index < -0.39 is 10.0 Å². The predicted octanol–water partition coefficient (Wildman–Crippen LogP) is 0.484. The van der Waals surface area contributed by atoms with Crippen LogP contribution < -0.4 is 5.73 Å². The van der Waals surface area contributed by atoms with Crippen molar-refractivity contribution in [3.8, 4) is 0 Å². The third kappa shape index (κ3) is 1.50. The van der Waals surface area contributed by atoms with Crippen molar-refractivity contribution < 1.29 is 8.42 Å². The first-order chi connectivity index (χ1) is 8.41. The number of aryl methyl sites for hydroxylation is 1. The fourth-order valence-corrected chi connectivity index (χ4v) is 5.26. The van der Waals surface area contributed by atoms with Crippen LogP contribution in [0.4, 0.5) is 5.82 Å². The van der Waals surface area contributed by atoms with Crippen LogP contribution >= 0.6 is 0 Å². The quantitative estimate of drug-likeness (QED) is 0.847. The molecule has 1 saturated carbocycles. The van der Waals surface area contributed by atoms with Gasteiger partial charge in [0.05, 0.1) is 5.69 Å². The molecule has 0 radical (unpaired) electrons. The van der Waals surface area contributed by atoms with Crippen molar-refractivity contribution in [2.75, 3.05) is 12.3 Å². The summed E-state index contributed by atoms with van der Waals surface area (Å²) in [4.78, 5) is 0.192. The minimum absolute atomic E-state index is 0.109. The van der Waals surface area contributed by atoms with Crippen LogP contribution in [0, 0.1) is 12.8 Å². The maximum Gasteiger partial charge on any atom is 0.248 e. The molecule has 0 amide bonds. The number of anilines is 1. The molecule has 1 aliphatic heterocycles. The van der Waals surface area contributed by atoms with Crippen molar-refractivity contribution in [1.29, 1.82) is 0 Å². The molecule has 2 unspecified atom stereocenters. The molecule has 2 heterocycles. The molecule has 6 nitrogen and oxygen atoms in total. The molecule has 2 aliphatic rings. The summed E-state index contributed by atoms with van der Waals surface area (Å²) in [6.45, 7) is 2.38. The van der Waals surface area contributed by atoms with E-state index in [0.717, 1.165) is 19.3 Å². The highest BCUT2D eigenvalue weighted by molar-refractivity contribution is 7.89. The minimum Gasteiger partial charge on any atom is -0.381 e. The highest BCUT2D eigenvalue weighted by Crippen LogP contribution is 2.41. The maximum atomic E-state index is 12.7. The van der Waals surface area contributed by atoms with Crippen LogP contribution in [0.3, 0.4) is 0 Å². The molecule has 0 spiro atoms. The minimum atomic E-state index is -3.49. The molecule has 3 rings (SSSR count). The first-order valence-corrected chi connectivity index (χ1v) is 7.66. The number of hydrogen-bond donors (Lipinski definition) is 1. The average molecular weight is 270 g/mol. The largest absolute Gasteiger partial charge is 0.381 e. The molecular formula is C11H18N4O2S. The zero-order valence-electron chi connectivity index (χ0n) is 10.6. The number of nitrogens with two attached hydrogens (primary N) is 1. The van der Waals surface area contributed by atoms with E-state index in [1.165, 1.54) is 4.68 Å². The van der Waals surface area contributed by atoms with Gasteiger partial charge in [-0.25, -0.2) is 8.42 Å². The SMILES string of the molecule is Cc1c(S(=O)(=O)N2CC3CCC2C3)c(N)nn1C. The van der Waals surface area contributed by atoms with Crippen LogP contribution in [0.25, 0.3) is 0 Å². The molecule has 0 aromatic carbocycles. The Hall–Kier alpha value is -1.08. The van der Waals surface area contributed by atoms with Gasteiger partial charge in [0, 0.05) is 19.6 Å². The Morgan fingerprint density at radius 1 is 1.39 bits per heavy atom. The van der Waals surface area contributed by atoms with E-state index in [1.54, 1.807) is 18.3 Å². The number of hydrogen-bond acceptors (Lipinski definition) is 4. The van der Waals surface area contributed by atoms with Crippen molar-refractivity contribution >= 4 is 15.8 Å². The Kier molecular flexibility index (Phi) is 2.47. The molecule has 1 aliphatic carbocycles. The monoisotopic (exact) mass is 270 g/mol. The standard InChI is InChI=1S/C11H18N4O2S/c1-7-10(11(12)13-14(7)2)18(16,17)15-6-8-3-4-9(15)5-8/h8-9H,3-6H2,1-2H3,(H2,12,13). The van der Waals surface area contributed by atoms with E-state index >= 15 is 0 Å². The fraction of sp³-hybridized carbons (Fsp3) is 0.727. The summed E-state index contributed by atoms with van der Waals surface area (Å²) in [5.74, 6) is 0.640. The molecular weight excluding hydrogens is 252 g/mol. The Morgan fingerprint density at radius 3 is 2.56 bits per heavy atom. The number of fused-ring (bicyclic) bond motifs is 2. The van der Waals surface area contributed by atoms with Crippen molar-refractivity contribution in [2.45, 2.75) is 37.1 Å². The molecule has 2 atom stereocenters. The van der Waals surface area contributed by atoms with Crippen LogP contribution in [0.1, 0.15) is 25.0 Å². The zero-order valence-corrected chi connectivity index (χ0v) is 11.4. The van der Waals surface area contributed by atoms with Crippen LogP contribution in [0.15, 0.2) is 4.90 Å². The van der Waals surface area contributed by atoms with Crippen molar-refractivity contribution in [3.05, 3.63) is 5.69 Å². The zero-order chi connectivity index (χ0) is 13.1. The van der Waals surface area contributed by atoms with Gasteiger partial charge in [0.2, 0.25) is 10.0 Å². The third-order valence-electron chi connectivity index (χ3n) is 4.23. The molecule has 2 bridgehead atoms. The van der Waals surface area contributed by atoms with Gasteiger partial charge in [0.25, 0.3) is 0 Å². The number of aromatic nitrogens is 2. The summed E-state index contributed by atoms with van der Waals surface area (Å²) >= 11 is 0. The first kappa shape index (κ1) is 12.0. The molecule has 1 saturated heterocycles. The second kappa shape index (κ2) is 3.71. The van der Waals surface area contributed by atoms with Gasteiger partial charge in [-0.2, -0.15) is 9.40 Å². The lowest BCUT2D eigenvalue weighted by Crippen LogP contribution is -2.38. The van der Waals surface area contributed by atoms with Crippen LogP contribution in [-0.2, 0) is 17.1 Å². The number of nitrogen functional groups attached to an aromatic ring is 1. The van der Waals surface area contributed by atoms with Crippen molar-refractivity contribution in [2.24, 2.45) is 13.0 Å². The number of piperidine rings is 1. The van der Waals surface area contributed by atoms with Crippen molar-refractivity contribution in [1.82, 2.24) is 14.1 Å². The summed E-state index contributed by atoms with van der Waals surface area (Å²) in [6.07, 6.45) is 3.12. The normalized spacial score (nSPS) is 28.1. The average Bonchev–Trinajstić information content (AvgIpc) is 2.94. The van der Waals surface area contributed by atoms with Gasteiger partial charge in [-0.05, 0) is 32.1 Å². The van der Waals surface area contributed by atoms with Gasteiger partial charge in [0.15, 0.2) is 5.82 Å². The maximum absolute atomic E-state index is 12.7.